The van der Waals surface area contributed by atoms with Gasteiger partial charge in [0.25, 0.3) is 0 Å². The highest BCUT2D eigenvalue weighted by atomic mass is 19.2. The van der Waals surface area contributed by atoms with E-state index in [9.17, 15) is 17.6 Å². The van der Waals surface area contributed by atoms with Crippen molar-refractivity contribution in [2.24, 2.45) is 0 Å². The molecular weight excluding hydrogens is 396 g/mol. The summed E-state index contributed by atoms with van der Waals surface area (Å²) in [6.07, 6.45) is 5.28. The SMILES string of the molecule is CCCCOC1CCC(c2ccc(-c3ccc(OCC)c(F)c3F)c(F)c2F)CC1. The van der Waals surface area contributed by atoms with Crippen molar-refractivity contribution in [3.8, 4) is 16.9 Å². The molecular formula is C24H28F4O2. The summed E-state index contributed by atoms with van der Waals surface area (Å²) in [5.41, 5.74) is -0.339. The van der Waals surface area contributed by atoms with Crippen molar-refractivity contribution in [3.05, 3.63) is 53.1 Å². The second kappa shape index (κ2) is 10.3. The molecule has 0 spiro atoms. The Balaban J connectivity index is 1.78. The third-order valence-electron chi connectivity index (χ3n) is 5.71. The Labute approximate surface area is 175 Å². The van der Waals surface area contributed by atoms with Crippen LogP contribution >= 0.6 is 0 Å². The summed E-state index contributed by atoms with van der Waals surface area (Å²) in [5, 5.41) is 0. The second-order valence-corrected chi connectivity index (χ2v) is 7.70. The molecule has 1 fully saturated rings. The molecule has 2 nitrogen and oxygen atoms in total. The molecule has 6 heteroatoms. The third kappa shape index (κ3) is 4.80. The molecule has 0 bridgehead atoms. The molecule has 2 aromatic rings. The molecule has 0 amide bonds. The molecule has 30 heavy (non-hydrogen) atoms. The van der Waals surface area contributed by atoms with Gasteiger partial charge < -0.3 is 9.47 Å². The zero-order valence-corrected chi connectivity index (χ0v) is 17.4. The average Bonchev–Trinajstić information content (AvgIpc) is 2.75. The summed E-state index contributed by atoms with van der Waals surface area (Å²) < 4.78 is 69.1. The molecule has 164 valence electrons. The molecule has 0 aromatic heterocycles. The van der Waals surface area contributed by atoms with Gasteiger partial charge in [-0.15, -0.1) is 0 Å². The van der Waals surface area contributed by atoms with Crippen LogP contribution in [-0.2, 0) is 4.74 Å². The maximum Gasteiger partial charge on any atom is 0.201 e. The maximum absolute atomic E-state index is 14.9. The number of benzene rings is 2. The molecule has 0 heterocycles. The van der Waals surface area contributed by atoms with E-state index in [4.69, 9.17) is 9.47 Å². The Kier molecular flexibility index (Phi) is 7.75. The first-order valence-corrected chi connectivity index (χ1v) is 10.7. The van der Waals surface area contributed by atoms with Gasteiger partial charge in [0.2, 0.25) is 5.82 Å². The number of ether oxygens (including phenoxy) is 2. The lowest BCUT2D eigenvalue weighted by Crippen LogP contribution is -2.22. The molecule has 0 unspecified atom stereocenters. The van der Waals surface area contributed by atoms with E-state index >= 15 is 0 Å². The molecule has 1 saturated carbocycles. The lowest BCUT2D eigenvalue weighted by Gasteiger charge is -2.29. The van der Waals surface area contributed by atoms with E-state index < -0.39 is 23.3 Å². The van der Waals surface area contributed by atoms with Crippen LogP contribution < -0.4 is 4.74 Å². The second-order valence-electron chi connectivity index (χ2n) is 7.70. The minimum Gasteiger partial charge on any atom is -0.491 e. The minimum absolute atomic E-state index is 0.110. The lowest BCUT2D eigenvalue weighted by atomic mass is 9.82. The van der Waals surface area contributed by atoms with Crippen molar-refractivity contribution in [2.45, 2.75) is 64.4 Å². The molecule has 2 aromatic carbocycles. The molecule has 0 radical (unpaired) electrons. The van der Waals surface area contributed by atoms with Gasteiger partial charge in [0.1, 0.15) is 0 Å². The van der Waals surface area contributed by atoms with Crippen molar-refractivity contribution in [1.82, 2.24) is 0 Å². The molecule has 1 aliphatic rings. The summed E-state index contributed by atoms with van der Waals surface area (Å²) in [7, 11) is 0. The lowest BCUT2D eigenvalue weighted by molar-refractivity contribution is 0.0230. The Morgan fingerprint density at radius 2 is 1.43 bits per heavy atom. The maximum atomic E-state index is 14.9. The van der Waals surface area contributed by atoms with E-state index in [1.165, 1.54) is 24.3 Å². The minimum atomic E-state index is -1.25. The van der Waals surface area contributed by atoms with E-state index in [0.29, 0.717) is 12.8 Å². The monoisotopic (exact) mass is 424 g/mol. The summed E-state index contributed by atoms with van der Waals surface area (Å²) in [6, 6.07) is 5.25. The van der Waals surface area contributed by atoms with Crippen molar-refractivity contribution < 1.29 is 27.0 Å². The number of unbranched alkanes of at least 4 members (excludes halogenated alkanes) is 1. The molecule has 0 aliphatic heterocycles. The van der Waals surface area contributed by atoms with Crippen LogP contribution in [0.5, 0.6) is 5.75 Å². The van der Waals surface area contributed by atoms with Gasteiger partial charge >= 0.3 is 0 Å². The van der Waals surface area contributed by atoms with Crippen molar-refractivity contribution in [3.63, 3.8) is 0 Å². The first kappa shape index (κ1) is 22.6. The molecule has 1 aliphatic carbocycles. The fraction of sp³-hybridized carbons (Fsp3) is 0.500. The van der Waals surface area contributed by atoms with Crippen molar-refractivity contribution in [1.29, 1.82) is 0 Å². The fourth-order valence-corrected chi connectivity index (χ4v) is 4.03. The standard InChI is InChI=1S/C24H28F4O2/c1-3-5-14-30-16-8-6-15(7-9-16)17-10-11-18(22(26)21(17)25)19-12-13-20(29-4-2)24(28)23(19)27/h10-13,15-16H,3-9,14H2,1-2H3. The molecule has 3 rings (SSSR count). The topological polar surface area (TPSA) is 18.5 Å². The van der Waals surface area contributed by atoms with Crippen LogP contribution in [0.3, 0.4) is 0 Å². The Morgan fingerprint density at radius 3 is 2.07 bits per heavy atom. The van der Waals surface area contributed by atoms with Gasteiger partial charge in [0, 0.05) is 17.7 Å². The van der Waals surface area contributed by atoms with Gasteiger partial charge in [0.05, 0.1) is 12.7 Å². The third-order valence-corrected chi connectivity index (χ3v) is 5.71. The summed E-state index contributed by atoms with van der Waals surface area (Å²) in [5.74, 6) is -4.97. The average molecular weight is 424 g/mol. The highest BCUT2D eigenvalue weighted by Crippen LogP contribution is 2.39. The number of hydrogen-bond acceptors (Lipinski definition) is 2. The van der Waals surface area contributed by atoms with Crippen LogP contribution in [0.2, 0.25) is 0 Å². The highest BCUT2D eigenvalue weighted by Gasteiger charge is 2.28. The fourth-order valence-electron chi connectivity index (χ4n) is 4.03. The molecule has 0 N–H and O–H groups in total. The number of rotatable bonds is 8. The van der Waals surface area contributed by atoms with Crippen molar-refractivity contribution in [2.75, 3.05) is 13.2 Å². The van der Waals surface area contributed by atoms with E-state index in [-0.39, 0.29) is 41.1 Å². The predicted molar refractivity (Wildman–Crippen MR) is 109 cm³/mol. The van der Waals surface area contributed by atoms with Gasteiger partial charge in [-0.3, -0.25) is 0 Å². The zero-order chi connectivity index (χ0) is 21.7. The van der Waals surface area contributed by atoms with Crippen LogP contribution in [0.1, 0.15) is 63.9 Å². The van der Waals surface area contributed by atoms with E-state index in [2.05, 4.69) is 6.92 Å². The van der Waals surface area contributed by atoms with E-state index in [0.717, 1.165) is 32.3 Å². The Bertz CT molecular complexity index is 861. The summed E-state index contributed by atoms with van der Waals surface area (Å²) in [6.45, 7) is 4.64. The first-order chi connectivity index (χ1) is 14.5. The first-order valence-electron chi connectivity index (χ1n) is 10.7. The van der Waals surface area contributed by atoms with Crippen LogP contribution in [0.15, 0.2) is 24.3 Å². The van der Waals surface area contributed by atoms with Gasteiger partial charge in [-0.05, 0) is 62.6 Å². The molecule has 0 atom stereocenters. The highest BCUT2D eigenvalue weighted by molar-refractivity contribution is 5.66. The summed E-state index contributed by atoms with van der Waals surface area (Å²) in [4.78, 5) is 0. The number of halogens is 4. The largest absolute Gasteiger partial charge is 0.491 e. The van der Waals surface area contributed by atoms with Crippen molar-refractivity contribution >= 4 is 0 Å². The Morgan fingerprint density at radius 1 is 0.800 bits per heavy atom. The van der Waals surface area contributed by atoms with E-state index in [1.54, 1.807) is 6.92 Å². The van der Waals surface area contributed by atoms with Gasteiger partial charge in [-0.25, -0.2) is 13.2 Å². The quantitative estimate of drug-likeness (QED) is 0.331. The van der Waals surface area contributed by atoms with Crippen LogP contribution in [-0.4, -0.2) is 19.3 Å². The smallest absolute Gasteiger partial charge is 0.201 e. The van der Waals surface area contributed by atoms with Crippen LogP contribution in [0, 0.1) is 23.3 Å². The number of hydrogen-bond donors (Lipinski definition) is 0. The van der Waals surface area contributed by atoms with Gasteiger partial charge in [-0.2, -0.15) is 4.39 Å². The zero-order valence-electron chi connectivity index (χ0n) is 17.4. The van der Waals surface area contributed by atoms with Crippen LogP contribution in [0.25, 0.3) is 11.1 Å². The normalized spacial score (nSPS) is 19.1. The summed E-state index contributed by atoms with van der Waals surface area (Å²) >= 11 is 0. The van der Waals surface area contributed by atoms with E-state index in [1.807, 2.05) is 0 Å². The van der Waals surface area contributed by atoms with Crippen LogP contribution in [0.4, 0.5) is 17.6 Å². The van der Waals surface area contributed by atoms with Gasteiger partial charge in [0.15, 0.2) is 23.2 Å². The van der Waals surface area contributed by atoms with Gasteiger partial charge in [-0.1, -0.05) is 25.5 Å². The Hall–Kier alpha value is -2.08. The molecule has 0 saturated heterocycles. The predicted octanol–water partition coefficient (Wildman–Crippen LogP) is 7.15.